The third-order valence-corrected chi connectivity index (χ3v) is 1.85. The number of quaternary nitrogens is 1. The van der Waals surface area contributed by atoms with E-state index < -0.39 is 11.0 Å². The molecule has 3 nitrogen and oxygen atoms in total. The van der Waals surface area contributed by atoms with Crippen LogP contribution in [0.5, 0.6) is 0 Å². The van der Waals surface area contributed by atoms with Crippen LogP contribution < -0.4 is 5.23 Å². The maximum absolute atomic E-state index is 12.4. The highest BCUT2D eigenvalue weighted by Crippen LogP contribution is 2.18. The van der Waals surface area contributed by atoms with E-state index in [1.807, 2.05) is 0 Å². The van der Waals surface area contributed by atoms with Crippen LogP contribution in [-0.2, 0) is 0 Å². The molecule has 11 heavy (non-hydrogen) atoms. The summed E-state index contributed by atoms with van der Waals surface area (Å²) in [4.78, 5) is 0. The van der Waals surface area contributed by atoms with Crippen LogP contribution in [0.4, 0.5) is 10.1 Å². The van der Waals surface area contributed by atoms with E-state index in [9.17, 15) is 9.60 Å². The minimum Gasteiger partial charge on any atom is -0.595 e. The van der Waals surface area contributed by atoms with Gasteiger partial charge in [0.2, 0.25) is 0 Å². The van der Waals surface area contributed by atoms with Crippen LogP contribution in [0, 0.1) is 11.0 Å². The summed E-state index contributed by atoms with van der Waals surface area (Å²) in [6.07, 6.45) is 0. The summed E-state index contributed by atoms with van der Waals surface area (Å²) in [5, 5.41) is 17.7. The van der Waals surface area contributed by atoms with Crippen molar-refractivity contribution in [1.82, 2.24) is 0 Å². The lowest BCUT2D eigenvalue weighted by atomic mass is 10.3. The molecule has 0 saturated heterocycles. The molecular formula is C6H5BrFNO2. The molecule has 2 N–H and O–H groups in total. The van der Waals surface area contributed by atoms with Crippen molar-refractivity contribution in [2.24, 2.45) is 0 Å². The zero-order valence-corrected chi connectivity index (χ0v) is 6.93. The highest BCUT2D eigenvalue weighted by molar-refractivity contribution is 9.10. The lowest BCUT2D eigenvalue weighted by Gasteiger charge is -2.12. The van der Waals surface area contributed by atoms with Gasteiger partial charge < -0.3 is 5.21 Å². The standard InChI is InChI=1S/C6H5BrFNO2/c7-5-2-1-4(8)3-6(5)9(10)11/h1-3,9-10H. The van der Waals surface area contributed by atoms with Gasteiger partial charge >= 0.3 is 0 Å². The van der Waals surface area contributed by atoms with Crippen molar-refractivity contribution in [1.29, 1.82) is 0 Å². The van der Waals surface area contributed by atoms with Crippen molar-refractivity contribution in [3.8, 4) is 0 Å². The molecule has 0 aliphatic carbocycles. The lowest BCUT2D eigenvalue weighted by Crippen LogP contribution is -2.99. The predicted octanol–water partition coefficient (Wildman–Crippen LogP) is 0.992. The van der Waals surface area contributed by atoms with E-state index in [2.05, 4.69) is 15.9 Å². The van der Waals surface area contributed by atoms with Gasteiger partial charge in [-0.2, -0.15) is 5.23 Å². The van der Waals surface area contributed by atoms with Crippen LogP contribution in [0.2, 0.25) is 0 Å². The molecule has 0 aromatic heterocycles. The molecule has 1 aromatic carbocycles. The summed E-state index contributed by atoms with van der Waals surface area (Å²) >= 11 is 2.98. The molecule has 1 rings (SSSR count). The average molecular weight is 222 g/mol. The second-order valence-corrected chi connectivity index (χ2v) is 2.78. The molecule has 0 amide bonds. The van der Waals surface area contributed by atoms with Crippen LogP contribution in [0.15, 0.2) is 22.7 Å². The summed E-state index contributed by atoms with van der Waals surface area (Å²) < 4.78 is 12.8. The molecule has 0 fully saturated rings. The fourth-order valence-electron chi connectivity index (χ4n) is 0.661. The monoisotopic (exact) mass is 221 g/mol. The average Bonchev–Trinajstić information content (AvgIpc) is 1.94. The zero-order valence-electron chi connectivity index (χ0n) is 5.34. The van der Waals surface area contributed by atoms with Gasteiger partial charge in [0.15, 0.2) is 5.69 Å². The van der Waals surface area contributed by atoms with Gasteiger partial charge in [-0.25, -0.2) is 9.60 Å². The molecule has 0 radical (unpaired) electrons. The first-order chi connectivity index (χ1) is 5.11. The zero-order chi connectivity index (χ0) is 8.43. The lowest BCUT2D eigenvalue weighted by molar-refractivity contribution is -0.991. The fourth-order valence-corrected chi connectivity index (χ4v) is 1.08. The van der Waals surface area contributed by atoms with Crippen molar-refractivity contribution >= 4 is 21.6 Å². The topological polar surface area (TPSA) is 47.7 Å². The van der Waals surface area contributed by atoms with Crippen molar-refractivity contribution < 1.29 is 14.8 Å². The van der Waals surface area contributed by atoms with Crippen molar-refractivity contribution in [2.45, 2.75) is 0 Å². The molecule has 1 unspecified atom stereocenters. The summed E-state index contributed by atoms with van der Waals surface area (Å²) in [6, 6.07) is 3.52. The summed E-state index contributed by atoms with van der Waals surface area (Å²) in [6.45, 7) is 0. The first-order valence-corrected chi connectivity index (χ1v) is 3.59. The van der Waals surface area contributed by atoms with Crippen LogP contribution >= 0.6 is 15.9 Å². The number of hydrogen-bond donors (Lipinski definition) is 2. The van der Waals surface area contributed by atoms with Gasteiger partial charge in [0.25, 0.3) is 0 Å². The largest absolute Gasteiger partial charge is 0.595 e. The predicted molar refractivity (Wildman–Crippen MR) is 39.9 cm³/mol. The molecule has 1 atom stereocenters. The van der Waals surface area contributed by atoms with E-state index in [4.69, 9.17) is 5.21 Å². The first-order valence-electron chi connectivity index (χ1n) is 2.79. The second kappa shape index (κ2) is 3.27. The summed E-state index contributed by atoms with van der Waals surface area (Å²) in [5.41, 5.74) is -0.0648. The molecule has 0 aliphatic rings. The van der Waals surface area contributed by atoms with E-state index in [1.54, 1.807) is 0 Å². The Balaban J connectivity index is 3.13. The maximum Gasteiger partial charge on any atom is 0.181 e. The molecule has 0 bridgehead atoms. The second-order valence-electron chi connectivity index (χ2n) is 1.93. The summed E-state index contributed by atoms with van der Waals surface area (Å²) in [5.74, 6) is -0.550. The maximum atomic E-state index is 12.4. The van der Waals surface area contributed by atoms with Crippen LogP contribution in [0.25, 0.3) is 0 Å². The van der Waals surface area contributed by atoms with Crippen molar-refractivity contribution in [3.05, 3.63) is 33.7 Å². The number of benzene rings is 1. The van der Waals surface area contributed by atoms with Gasteiger partial charge in [0.05, 0.1) is 4.47 Å². The molecule has 0 saturated carbocycles. The molecule has 0 spiro atoms. The Bertz CT molecular complexity index is 267. The third-order valence-electron chi connectivity index (χ3n) is 1.16. The minimum absolute atomic E-state index is 0.0648. The normalized spacial score (nSPS) is 13.1. The Morgan fingerprint density at radius 2 is 2.18 bits per heavy atom. The Morgan fingerprint density at radius 3 is 2.64 bits per heavy atom. The summed E-state index contributed by atoms with van der Waals surface area (Å²) in [7, 11) is 0. The van der Waals surface area contributed by atoms with Gasteiger partial charge in [0.1, 0.15) is 5.82 Å². The molecule has 0 heterocycles. The Kier molecular flexibility index (Phi) is 2.56. The SMILES string of the molecule is [O-][NH+](O)c1cc(F)ccc1Br. The Morgan fingerprint density at radius 1 is 1.55 bits per heavy atom. The minimum atomic E-state index is -1.14. The van der Waals surface area contributed by atoms with Gasteiger partial charge in [0, 0.05) is 6.07 Å². The number of halogens is 2. The number of hydrogen-bond acceptors (Lipinski definition) is 2. The van der Waals surface area contributed by atoms with Crippen LogP contribution in [-0.4, -0.2) is 5.21 Å². The van der Waals surface area contributed by atoms with Gasteiger partial charge in [-0.3, -0.25) is 0 Å². The third kappa shape index (κ3) is 1.97. The molecule has 60 valence electrons. The smallest absolute Gasteiger partial charge is 0.181 e. The van der Waals surface area contributed by atoms with E-state index in [0.29, 0.717) is 4.47 Å². The highest BCUT2D eigenvalue weighted by Gasteiger charge is 2.06. The van der Waals surface area contributed by atoms with Crippen molar-refractivity contribution in [2.75, 3.05) is 0 Å². The van der Waals surface area contributed by atoms with Gasteiger partial charge in [-0.05, 0) is 28.1 Å². The van der Waals surface area contributed by atoms with Crippen molar-refractivity contribution in [3.63, 3.8) is 0 Å². The molecular weight excluding hydrogens is 217 g/mol. The Labute approximate surface area is 70.7 Å². The quantitative estimate of drug-likeness (QED) is 0.696. The van der Waals surface area contributed by atoms with E-state index >= 15 is 0 Å². The van der Waals surface area contributed by atoms with Crippen LogP contribution in [0.1, 0.15) is 0 Å². The molecule has 0 aliphatic heterocycles. The van der Waals surface area contributed by atoms with Gasteiger partial charge in [-0.1, -0.05) is 0 Å². The number of rotatable bonds is 1. The van der Waals surface area contributed by atoms with Gasteiger partial charge in [-0.15, -0.1) is 0 Å². The molecule has 1 aromatic rings. The van der Waals surface area contributed by atoms with E-state index in [0.717, 1.165) is 6.07 Å². The highest BCUT2D eigenvalue weighted by atomic mass is 79.9. The Hall–Kier alpha value is -0.490. The van der Waals surface area contributed by atoms with E-state index in [1.165, 1.54) is 12.1 Å². The first kappa shape index (κ1) is 8.61. The fraction of sp³-hybridized carbons (Fsp3) is 0. The van der Waals surface area contributed by atoms with Crippen LogP contribution in [0.3, 0.4) is 0 Å². The van der Waals surface area contributed by atoms with E-state index in [-0.39, 0.29) is 5.69 Å². The number of nitrogens with one attached hydrogen (secondary N) is 1. The molecule has 5 heteroatoms.